The maximum Gasteiger partial charge on any atom is 0.165 e. The van der Waals surface area contributed by atoms with Gasteiger partial charge in [0.25, 0.3) is 0 Å². The van der Waals surface area contributed by atoms with Gasteiger partial charge in [0.1, 0.15) is 31.1 Å². The molecule has 0 unspecified atom stereocenters. The SMILES string of the molecule is CC(C)n1ncnc1COc1ccc(C#CCO)c(F)c1. The van der Waals surface area contributed by atoms with Crippen LogP contribution in [-0.2, 0) is 6.61 Å². The summed E-state index contributed by atoms with van der Waals surface area (Å²) in [6.07, 6.45) is 1.47. The van der Waals surface area contributed by atoms with Crippen LogP contribution in [0.25, 0.3) is 0 Å². The minimum absolute atomic E-state index is 0.180. The molecule has 0 bridgehead atoms. The number of aliphatic hydroxyl groups excluding tert-OH is 1. The van der Waals surface area contributed by atoms with Gasteiger partial charge >= 0.3 is 0 Å². The molecule has 1 aromatic carbocycles. The van der Waals surface area contributed by atoms with Crippen LogP contribution in [0.3, 0.4) is 0 Å². The lowest BCUT2D eigenvalue weighted by molar-refractivity contribution is 0.281. The van der Waals surface area contributed by atoms with Crippen LogP contribution >= 0.6 is 0 Å². The first-order chi connectivity index (χ1) is 10.1. The third-order valence-corrected chi connectivity index (χ3v) is 2.75. The largest absolute Gasteiger partial charge is 0.486 e. The zero-order chi connectivity index (χ0) is 15.2. The Hall–Kier alpha value is -2.39. The lowest BCUT2D eigenvalue weighted by atomic mass is 10.2. The Bertz CT molecular complexity index is 671. The second kappa shape index (κ2) is 6.86. The Labute approximate surface area is 122 Å². The number of ether oxygens (including phenoxy) is 1. The molecular weight excluding hydrogens is 273 g/mol. The fourth-order valence-electron chi connectivity index (χ4n) is 1.78. The summed E-state index contributed by atoms with van der Waals surface area (Å²) in [7, 11) is 0. The summed E-state index contributed by atoms with van der Waals surface area (Å²) < 4.78 is 21.0. The van der Waals surface area contributed by atoms with Gasteiger partial charge in [0.2, 0.25) is 0 Å². The van der Waals surface area contributed by atoms with E-state index in [4.69, 9.17) is 9.84 Å². The fourth-order valence-corrected chi connectivity index (χ4v) is 1.78. The van der Waals surface area contributed by atoms with Crippen molar-refractivity contribution in [2.75, 3.05) is 6.61 Å². The van der Waals surface area contributed by atoms with Gasteiger partial charge in [0, 0.05) is 12.1 Å². The molecule has 0 radical (unpaired) electrons. The Morgan fingerprint density at radius 2 is 2.24 bits per heavy atom. The van der Waals surface area contributed by atoms with Crippen molar-refractivity contribution in [2.45, 2.75) is 26.5 Å². The molecule has 0 atom stereocenters. The summed E-state index contributed by atoms with van der Waals surface area (Å²) in [6, 6.07) is 4.58. The predicted octanol–water partition coefficient (Wildman–Crippen LogP) is 1.92. The van der Waals surface area contributed by atoms with Crippen LogP contribution < -0.4 is 4.74 Å². The molecule has 1 heterocycles. The Kier molecular flexibility index (Phi) is 4.90. The molecule has 2 aromatic rings. The number of hydrogen-bond acceptors (Lipinski definition) is 4. The molecule has 0 saturated carbocycles. The highest BCUT2D eigenvalue weighted by molar-refractivity contribution is 5.39. The quantitative estimate of drug-likeness (QED) is 0.874. The lowest BCUT2D eigenvalue weighted by Crippen LogP contribution is -2.10. The molecule has 6 heteroatoms. The van der Waals surface area contributed by atoms with Crippen molar-refractivity contribution in [3.05, 3.63) is 41.7 Å². The maximum atomic E-state index is 13.7. The van der Waals surface area contributed by atoms with Crippen LogP contribution in [0.2, 0.25) is 0 Å². The zero-order valence-electron chi connectivity index (χ0n) is 11.9. The van der Waals surface area contributed by atoms with Gasteiger partial charge in [-0.1, -0.05) is 11.8 Å². The van der Waals surface area contributed by atoms with E-state index < -0.39 is 5.82 Å². The number of nitrogens with zero attached hydrogens (tertiary/aromatic N) is 3. The van der Waals surface area contributed by atoms with E-state index in [0.717, 1.165) is 0 Å². The van der Waals surface area contributed by atoms with Crippen molar-refractivity contribution in [2.24, 2.45) is 0 Å². The van der Waals surface area contributed by atoms with Gasteiger partial charge in [-0.2, -0.15) is 5.10 Å². The summed E-state index contributed by atoms with van der Waals surface area (Å²) in [4.78, 5) is 4.12. The van der Waals surface area contributed by atoms with Crippen molar-refractivity contribution >= 4 is 0 Å². The average molecular weight is 289 g/mol. The Morgan fingerprint density at radius 1 is 1.43 bits per heavy atom. The van der Waals surface area contributed by atoms with Crippen LogP contribution in [0, 0.1) is 17.7 Å². The minimum Gasteiger partial charge on any atom is -0.486 e. The van der Waals surface area contributed by atoms with Gasteiger partial charge in [0.15, 0.2) is 5.82 Å². The van der Waals surface area contributed by atoms with Crippen LogP contribution in [0.5, 0.6) is 5.75 Å². The first-order valence-electron chi connectivity index (χ1n) is 6.52. The van der Waals surface area contributed by atoms with E-state index in [-0.39, 0.29) is 24.8 Å². The van der Waals surface area contributed by atoms with E-state index in [1.807, 2.05) is 13.8 Å². The Morgan fingerprint density at radius 3 is 2.90 bits per heavy atom. The van der Waals surface area contributed by atoms with Gasteiger partial charge in [-0.3, -0.25) is 0 Å². The van der Waals surface area contributed by atoms with Gasteiger partial charge < -0.3 is 9.84 Å². The molecule has 0 spiro atoms. The second-order valence-corrected chi connectivity index (χ2v) is 4.60. The first kappa shape index (κ1) is 15.0. The van der Waals surface area contributed by atoms with E-state index in [2.05, 4.69) is 21.9 Å². The number of hydrogen-bond donors (Lipinski definition) is 1. The van der Waals surface area contributed by atoms with E-state index in [0.29, 0.717) is 11.6 Å². The van der Waals surface area contributed by atoms with Crippen molar-refractivity contribution in [3.8, 4) is 17.6 Å². The molecule has 5 nitrogen and oxygen atoms in total. The highest BCUT2D eigenvalue weighted by Gasteiger charge is 2.09. The third-order valence-electron chi connectivity index (χ3n) is 2.75. The molecule has 0 saturated heterocycles. The molecular formula is C15H16FN3O2. The van der Waals surface area contributed by atoms with Crippen LogP contribution in [-0.4, -0.2) is 26.5 Å². The molecule has 2 rings (SSSR count). The molecule has 110 valence electrons. The Balaban J connectivity index is 2.07. The third kappa shape index (κ3) is 3.80. The predicted molar refractivity (Wildman–Crippen MR) is 75.1 cm³/mol. The summed E-state index contributed by atoms with van der Waals surface area (Å²) >= 11 is 0. The number of halogens is 1. The highest BCUT2D eigenvalue weighted by Crippen LogP contribution is 2.17. The van der Waals surface area contributed by atoms with Crippen molar-refractivity contribution in [1.82, 2.24) is 14.8 Å². The molecule has 1 N–H and O–H groups in total. The van der Waals surface area contributed by atoms with Gasteiger partial charge in [-0.15, -0.1) is 0 Å². The minimum atomic E-state index is -0.487. The maximum absolute atomic E-state index is 13.7. The normalized spacial score (nSPS) is 10.3. The highest BCUT2D eigenvalue weighted by atomic mass is 19.1. The number of rotatable bonds is 4. The monoisotopic (exact) mass is 289 g/mol. The fraction of sp³-hybridized carbons (Fsp3) is 0.333. The van der Waals surface area contributed by atoms with E-state index in [1.165, 1.54) is 18.5 Å². The molecule has 0 fully saturated rings. The molecule has 0 aliphatic heterocycles. The average Bonchev–Trinajstić information content (AvgIpc) is 2.93. The van der Waals surface area contributed by atoms with Crippen molar-refractivity contribution in [3.63, 3.8) is 0 Å². The molecule has 1 aromatic heterocycles. The number of benzene rings is 1. The molecule has 0 amide bonds. The number of aliphatic hydroxyl groups is 1. The van der Waals surface area contributed by atoms with Crippen molar-refractivity contribution < 1.29 is 14.2 Å². The van der Waals surface area contributed by atoms with E-state index >= 15 is 0 Å². The van der Waals surface area contributed by atoms with Crippen LogP contribution in [0.1, 0.15) is 31.3 Å². The molecule has 21 heavy (non-hydrogen) atoms. The van der Waals surface area contributed by atoms with Gasteiger partial charge in [-0.05, 0) is 26.0 Å². The van der Waals surface area contributed by atoms with Crippen LogP contribution in [0.15, 0.2) is 24.5 Å². The zero-order valence-corrected chi connectivity index (χ0v) is 11.9. The first-order valence-corrected chi connectivity index (χ1v) is 6.52. The molecule has 0 aliphatic carbocycles. The lowest BCUT2D eigenvalue weighted by Gasteiger charge is -2.10. The summed E-state index contributed by atoms with van der Waals surface area (Å²) in [5, 5.41) is 12.7. The van der Waals surface area contributed by atoms with Crippen LogP contribution in [0.4, 0.5) is 4.39 Å². The topological polar surface area (TPSA) is 60.2 Å². The van der Waals surface area contributed by atoms with E-state index in [9.17, 15) is 4.39 Å². The number of aromatic nitrogens is 3. The smallest absolute Gasteiger partial charge is 0.165 e. The summed E-state index contributed by atoms with van der Waals surface area (Å²) in [6.45, 7) is 3.89. The molecule has 0 aliphatic rings. The van der Waals surface area contributed by atoms with Gasteiger partial charge in [-0.25, -0.2) is 14.1 Å². The van der Waals surface area contributed by atoms with Crippen molar-refractivity contribution in [1.29, 1.82) is 0 Å². The standard InChI is InChI=1S/C15H16FN3O2/c1-11(2)19-15(17-10-18-19)9-21-13-6-5-12(4-3-7-20)14(16)8-13/h5-6,8,10-11,20H,7,9H2,1-2H3. The summed E-state index contributed by atoms with van der Waals surface area (Å²) in [5.74, 6) is 5.51. The van der Waals surface area contributed by atoms with E-state index in [1.54, 1.807) is 10.7 Å². The second-order valence-electron chi connectivity index (χ2n) is 4.60. The van der Waals surface area contributed by atoms with Gasteiger partial charge in [0.05, 0.1) is 5.56 Å². The summed E-state index contributed by atoms with van der Waals surface area (Å²) in [5.41, 5.74) is 0.224.